The van der Waals surface area contributed by atoms with Gasteiger partial charge in [0.15, 0.2) is 5.96 Å². The van der Waals surface area contributed by atoms with Gasteiger partial charge in [-0.1, -0.05) is 42.5 Å². The molecule has 1 fully saturated rings. The van der Waals surface area contributed by atoms with Crippen LogP contribution in [0.1, 0.15) is 11.1 Å². The summed E-state index contributed by atoms with van der Waals surface area (Å²) in [4.78, 5) is 6.70. The van der Waals surface area contributed by atoms with Crippen molar-refractivity contribution in [2.24, 2.45) is 4.99 Å². The third kappa shape index (κ3) is 8.59. The van der Waals surface area contributed by atoms with Crippen molar-refractivity contribution in [2.45, 2.75) is 13.2 Å². The van der Waals surface area contributed by atoms with Crippen molar-refractivity contribution < 1.29 is 9.47 Å². The Morgan fingerprint density at radius 3 is 2.55 bits per heavy atom. The Morgan fingerprint density at radius 2 is 1.79 bits per heavy atom. The van der Waals surface area contributed by atoms with Gasteiger partial charge in [0, 0.05) is 39.8 Å². The van der Waals surface area contributed by atoms with E-state index in [4.69, 9.17) is 9.47 Å². The molecule has 2 aromatic rings. The quantitative estimate of drug-likeness (QED) is 0.325. The number of benzene rings is 2. The van der Waals surface area contributed by atoms with Crippen molar-refractivity contribution in [2.75, 3.05) is 46.4 Å². The zero-order valence-electron chi connectivity index (χ0n) is 17.0. The maximum absolute atomic E-state index is 5.91. The number of aliphatic imine (C=N–C) groups is 1. The van der Waals surface area contributed by atoms with Gasteiger partial charge in [0.25, 0.3) is 0 Å². The molecule has 1 saturated heterocycles. The fourth-order valence-corrected chi connectivity index (χ4v) is 3.05. The highest BCUT2D eigenvalue weighted by Crippen LogP contribution is 2.15. The number of nitrogens with zero attached hydrogens (tertiary/aromatic N) is 2. The van der Waals surface area contributed by atoms with Crippen molar-refractivity contribution in [1.82, 2.24) is 15.5 Å². The van der Waals surface area contributed by atoms with Gasteiger partial charge in [-0.15, -0.1) is 24.0 Å². The standard InChI is InChI=1S/C22H30N4O2.HI/c1-23-22(24-10-11-26-12-14-27-15-13-26)25-17-20-8-5-9-21(16-20)28-18-19-6-3-2-4-7-19;/h2-9,16H,10-15,17-18H2,1H3,(H2,23,24,25);1H. The van der Waals surface area contributed by atoms with Gasteiger partial charge in [-0.25, -0.2) is 0 Å². The van der Waals surface area contributed by atoms with Crippen molar-refractivity contribution in [3.05, 3.63) is 65.7 Å². The molecule has 0 aliphatic carbocycles. The average molecular weight is 510 g/mol. The molecule has 0 amide bonds. The first-order valence-electron chi connectivity index (χ1n) is 9.84. The van der Waals surface area contributed by atoms with Gasteiger partial charge in [0.1, 0.15) is 12.4 Å². The van der Waals surface area contributed by atoms with Gasteiger partial charge >= 0.3 is 0 Å². The molecular weight excluding hydrogens is 479 g/mol. The lowest BCUT2D eigenvalue weighted by Crippen LogP contribution is -2.44. The Morgan fingerprint density at radius 1 is 1.03 bits per heavy atom. The van der Waals surface area contributed by atoms with Crippen LogP contribution in [0.5, 0.6) is 5.75 Å². The predicted molar refractivity (Wildman–Crippen MR) is 128 cm³/mol. The first-order chi connectivity index (χ1) is 13.8. The van der Waals surface area contributed by atoms with Crippen LogP contribution in [0.4, 0.5) is 0 Å². The molecule has 2 N–H and O–H groups in total. The van der Waals surface area contributed by atoms with E-state index in [-0.39, 0.29) is 24.0 Å². The molecule has 2 aromatic carbocycles. The van der Waals surface area contributed by atoms with E-state index in [2.05, 4.69) is 44.8 Å². The number of rotatable bonds is 8. The van der Waals surface area contributed by atoms with Gasteiger partial charge in [0.05, 0.1) is 13.2 Å². The van der Waals surface area contributed by atoms with E-state index < -0.39 is 0 Å². The summed E-state index contributed by atoms with van der Waals surface area (Å²) in [6.07, 6.45) is 0. The summed E-state index contributed by atoms with van der Waals surface area (Å²) < 4.78 is 11.3. The number of hydrogen-bond acceptors (Lipinski definition) is 4. The minimum Gasteiger partial charge on any atom is -0.489 e. The zero-order valence-corrected chi connectivity index (χ0v) is 19.3. The molecule has 0 aromatic heterocycles. The van der Waals surface area contributed by atoms with E-state index in [1.165, 1.54) is 0 Å². The van der Waals surface area contributed by atoms with Crippen LogP contribution >= 0.6 is 24.0 Å². The summed E-state index contributed by atoms with van der Waals surface area (Å²) in [6, 6.07) is 18.4. The van der Waals surface area contributed by atoms with Gasteiger partial charge in [-0.3, -0.25) is 9.89 Å². The maximum Gasteiger partial charge on any atom is 0.191 e. The molecule has 29 heavy (non-hydrogen) atoms. The van der Waals surface area contributed by atoms with Crippen LogP contribution in [0.25, 0.3) is 0 Å². The topological polar surface area (TPSA) is 58.1 Å². The van der Waals surface area contributed by atoms with E-state index in [0.29, 0.717) is 13.2 Å². The third-order valence-corrected chi connectivity index (χ3v) is 4.65. The maximum atomic E-state index is 5.91. The van der Waals surface area contributed by atoms with Gasteiger partial charge in [-0.05, 0) is 23.3 Å². The number of nitrogens with one attached hydrogen (secondary N) is 2. The molecule has 0 unspecified atom stereocenters. The number of ether oxygens (including phenoxy) is 2. The number of guanidine groups is 1. The van der Waals surface area contributed by atoms with E-state index >= 15 is 0 Å². The van der Waals surface area contributed by atoms with Gasteiger partial charge in [0.2, 0.25) is 0 Å². The molecule has 0 bridgehead atoms. The Bertz CT molecular complexity index is 737. The van der Waals surface area contributed by atoms with E-state index in [9.17, 15) is 0 Å². The van der Waals surface area contributed by atoms with Crippen LogP contribution in [-0.2, 0) is 17.9 Å². The molecular formula is C22H31IN4O2. The van der Waals surface area contributed by atoms with Gasteiger partial charge < -0.3 is 20.1 Å². The second-order valence-electron chi connectivity index (χ2n) is 6.73. The summed E-state index contributed by atoms with van der Waals surface area (Å²) in [7, 11) is 1.80. The molecule has 7 heteroatoms. The minimum absolute atomic E-state index is 0. The van der Waals surface area contributed by atoms with Crippen molar-refractivity contribution in [1.29, 1.82) is 0 Å². The first-order valence-corrected chi connectivity index (χ1v) is 9.84. The molecule has 6 nitrogen and oxygen atoms in total. The SMILES string of the molecule is CN=C(NCCN1CCOCC1)NCc1cccc(OCc2ccccc2)c1.I. The molecule has 1 heterocycles. The van der Waals surface area contributed by atoms with Crippen LogP contribution in [0, 0.1) is 0 Å². The Labute approximate surface area is 190 Å². The fourth-order valence-electron chi connectivity index (χ4n) is 3.05. The van der Waals surface area contributed by atoms with E-state index in [1.807, 2.05) is 30.3 Å². The molecule has 1 aliphatic rings. The van der Waals surface area contributed by atoms with Crippen LogP contribution in [-0.4, -0.2) is 57.3 Å². The van der Waals surface area contributed by atoms with Crippen molar-refractivity contribution in [3.8, 4) is 5.75 Å². The molecule has 0 atom stereocenters. The zero-order chi connectivity index (χ0) is 19.4. The lowest BCUT2D eigenvalue weighted by molar-refractivity contribution is 0.0389. The van der Waals surface area contributed by atoms with E-state index in [0.717, 1.165) is 62.2 Å². The number of morpholine rings is 1. The number of halogens is 1. The van der Waals surface area contributed by atoms with Gasteiger partial charge in [-0.2, -0.15) is 0 Å². The fraction of sp³-hybridized carbons (Fsp3) is 0.409. The summed E-state index contributed by atoms with van der Waals surface area (Å²) >= 11 is 0. The van der Waals surface area contributed by atoms with Crippen LogP contribution < -0.4 is 15.4 Å². The normalized spacial score (nSPS) is 14.7. The second kappa shape index (κ2) is 13.4. The summed E-state index contributed by atoms with van der Waals surface area (Å²) in [6.45, 7) is 6.79. The Hall–Kier alpha value is -1.84. The highest BCUT2D eigenvalue weighted by Gasteiger charge is 2.09. The Kier molecular flexibility index (Phi) is 10.8. The van der Waals surface area contributed by atoms with Crippen LogP contribution in [0.2, 0.25) is 0 Å². The number of hydrogen-bond donors (Lipinski definition) is 2. The van der Waals surface area contributed by atoms with Crippen LogP contribution in [0.3, 0.4) is 0 Å². The molecule has 3 rings (SSSR count). The largest absolute Gasteiger partial charge is 0.489 e. The third-order valence-electron chi connectivity index (χ3n) is 4.65. The van der Waals surface area contributed by atoms with Crippen LogP contribution in [0.15, 0.2) is 59.6 Å². The average Bonchev–Trinajstić information content (AvgIpc) is 2.76. The molecule has 0 saturated carbocycles. The minimum atomic E-state index is 0. The molecule has 0 spiro atoms. The lowest BCUT2D eigenvalue weighted by atomic mass is 10.2. The Balaban J connectivity index is 0.00000300. The first kappa shape index (κ1) is 23.4. The predicted octanol–water partition coefficient (Wildman–Crippen LogP) is 2.88. The smallest absolute Gasteiger partial charge is 0.191 e. The summed E-state index contributed by atoms with van der Waals surface area (Å²) in [5.74, 6) is 1.68. The molecule has 1 aliphatic heterocycles. The summed E-state index contributed by atoms with van der Waals surface area (Å²) in [5, 5.41) is 6.74. The molecule has 0 radical (unpaired) electrons. The summed E-state index contributed by atoms with van der Waals surface area (Å²) in [5.41, 5.74) is 2.32. The van der Waals surface area contributed by atoms with E-state index in [1.54, 1.807) is 7.05 Å². The van der Waals surface area contributed by atoms with Crippen molar-refractivity contribution >= 4 is 29.9 Å². The highest BCUT2D eigenvalue weighted by atomic mass is 127. The highest BCUT2D eigenvalue weighted by molar-refractivity contribution is 14.0. The van der Waals surface area contributed by atoms with Crippen molar-refractivity contribution in [3.63, 3.8) is 0 Å². The second-order valence-corrected chi connectivity index (χ2v) is 6.73. The molecule has 158 valence electrons. The lowest BCUT2D eigenvalue weighted by Gasteiger charge is -2.26. The monoisotopic (exact) mass is 510 g/mol.